The molecule has 2 rings (SSSR count). The van der Waals surface area contributed by atoms with Crippen LogP contribution in [0.5, 0.6) is 0 Å². The number of benzene rings is 1. The van der Waals surface area contributed by atoms with Gasteiger partial charge in [0.05, 0.1) is 0 Å². The van der Waals surface area contributed by atoms with Gasteiger partial charge in [-0.15, -0.1) is 0 Å². The van der Waals surface area contributed by atoms with Crippen LogP contribution in [0.1, 0.15) is 44.2 Å². The molecule has 94 valence electrons. The van der Waals surface area contributed by atoms with Crippen molar-refractivity contribution in [2.45, 2.75) is 39.5 Å². The van der Waals surface area contributed by atoms with E-state index in [0.29, 0.717) is 5.92 Å². The number of nitrogens with one attached hydrogen (secondary N) is 1. The lowest BCUT2D eigenvalue weighted by atomic mass is 9.86. The van der Waals surface area contributed by atoms with Crippen LogP contribution in [0.2, 0.25) is 5.02 Å². The van der Waals surface area contributed by atoms with Gasteiger partial charge in [0.25, 0.3) is 0 Å². The lowest BCUT2D eigenvalue weighted by Gasteiger charge is -2.20. The third-order valence-electron chi connectivity index (χ3n) is 3.32. The molecule has 1 fully saturated rings. The molecule has 0 aliphatic carbocycles. The molecule has 1 unspecified atom stereocenters. The highest BCUT2D eigenvalue weighted by Crippen LogP contribution is 2.30. The number of hydrogen-bond donors (Lipinski definition) is 1. The molecule has 1 aliphatic rings. The van der Waals surface area contributed by atoms with Crippen LogP contribution < -0.4 is 5.32 Å². The van der Waals surface area contributed by atoms with E-state index in [4.69, 9.17) is 11.6 Å². The zero-order chi connectivity index (χ0) is 12.5. The van der Waals surface area contributed by atoms with E-state index in [1.807, 2.05) is 0 Å². The Morgan fingerprint density at radius 2 is 2.12 bits per heavy atom. The monoisotopic (exact) mass is 251 g/mol. The molecular weight excluding hydrogens is 230 g/mol. The van der Waals surface area contributed by atoms with Gasteiger partial charge in [0.2, 0.25) is 0 Å². The molecule has 2 heteroatoms. The maximum atomic E-state index is 6.29. The van der Waals surface area contributed by atoms with E-state index in [2.05, 4.69) is 44.3 Å². The molecule has 1 aromatic rings. The van der Waals surface area contributed by atoms with Crippen LogP contribution in [0.25, 0.3) is 0 Å². The third kappa shape index (κ3) is 3.46. The van der Waals surface area contributed by atoms with E-state index in [0.717, 1.165) is 24.5 Å². The Morgan fingerprint density at radius 3 is 2.71 bits per heavy atom. The quantitative estimate of drug-likeness (QED) is 0.838. The molecule has 1 heterocycles. The van der Waals surface area contributed by atoms with Crippen molar-refractivity contribution in [1.29, 1.82) is 0 Å². The maximum absolute atomic E-state index is 6.29. The van der Waals surface area contributed by atoms with Gasteiger partial charge in [0.15, 0.2) is 0 Å². The summed E-state index contributed by atoms with van der Waals surface area (Å²) < 4.78 is 0. The van der Waals surface area contributed by atoms with Gasteiger partial charge >= 0.3 is 0 Å². The summed E-state index contributed by atoms with van der Waals surface area (Å²) in [5.74, 6) is 0.672. The molecule has 1 nitrogen and oxygen atoms in total. The van der Waals surface area contributed by atoms with Crippen molar-refractivity contribution in [2.75, 3.05) is 13.1 Å². The topological polar surface area (TPSA) is 12.0 Å². The minimum absolute atomic E-state index is 0.288. The number of hydrogen-bond acceptors (Lipinski definition) is 1. The van der Waals surface area contributed by atoms with Crippen molar-refractivity contribution >= 4 is 11.6 Å². The van der Waals surface area contributed by atoms with Crippen LogP contribution in [-0.2, 0) is 6.42 Å². The highest BCUT2D eigenvalue weighted by atomic mass is 35.5. The summed E-state index contributed by atoms with van der Waals surface area (Å²) in [7, 11) is 0. The molecule has 1 atom stereocenters. The first kappa shape index (κ1) is 12.9. The molecule has 0 amide bonds. The normalized spacial score (nSPS) is 20.8. The first-order chi connectivity index (χ1) is 7.96. The first-order valence-electron chi connectivity index (χ1n) is 6.45. The van der Waals surface area contributed by atoms with Gasteiger partial charge in [-0.25, -0.2) is 0 Å². The van der Waals surface area contributed by atoms with Gasteiger partial charge in [-0.05, 0) is 47.9 Å². The smallest absolute Gasteiger partial charge is 0.0438 e. The number of rotatable bonds is 2. The number of halogens is 1. The molecule has 0 saturated carbocycles. The van der Waals surface area contributed by atoms with Crippen LogP contribution in [-0.4, -0.2) is 13.1 Å². The summed E-state index contributed by atoms with van der Waals surface area (Å²) in [6, 6.07) is 6.56. The van der Waals surface area contributed by atoms with Crippen LogP contribution in [0.4, 0.5) is 0 Å². The second kappa shape index (κ2) is 4.99. The fourth-order valence-corrected chi connectivity index (χ4v) is 2.68. The zero-order valence-electron chi connectivity index (χ0n) is 11.0. The summed E-state index contributed by atoms with van der Waals surface area (Å²) in [6.07, 6.45) is 2.29. The summed E-state index contributed by atoms with van der Waals surface area (Å²) in [6.45, 7) is 9.02. The Kier molecular flexibility index (Phi) is 3.79. The summed E-state index contributed by atoms with van der Waals surface area (Å²) in [5, 5.41) is 4.33. The van der Waals surface area contributed by atoms with Gasteiger partial charge in [-0.2, -0.15) is 0 Å². The summed E-state index contributed by atoms with van der Waals surface area (Å²) in [4.78, 5) is 0. The van der Waals surface area contributed by atoms with Crippen LogP contribution in [0, 0.1) is 5.41 Å². The molecule has 1 saturated heterocycles. The lowest BCUT2D eigenvalue weighted by Crippen LogP contribution is -2.11. The molecule has 1 N–H and O–H groups in total. The second-order valence-electron chi connectivity index (χ2n) is 6.28. The van der Waals surface area contributed by atoms with Crippen LogP contribution in [0.15, 0.2) is 18.2 Å². The molecular formula is C15H22ClN. The van der Waals surface area contributed by atoms with Crippen molar-refractivity contribution in [3.8, 4) is 0 Å². The minimum atomic E-state index is 0.288. The molecule has 0 spiro atoms. The van der Waals surface area contributed by atoms with E-state index in [9.17, 15) is 0 Å². The Labute approximate surface area is 110 Å². The summed E-state index contributed by atoms with van der Waals surface area (Å²) in [5.41, 5.74) is 3.03. The molecule has 0 bridgehead atoms. The maximum Gasteiger partial charge on any atom is 0.0438 e. The molecule has 0 aromatic heterocycles. The van der Waals surface area contributed by atoms with E-state index in [-0.39, 0.29) is 5.41 Å². The zero-order valence-corrected chi connectivity index (χ0v) is 11.8. The fraction of sp³-hybridized carbons (Fsp3) is 0.600. The summed E-state index contributed by atoms with van der Waals surface area (Å²) >= 11 is 6.29. The predicted octanol–water partition coefficient (Wildman–Crippen LogP) is 4.01. The van der Waals surface area contributed by atoms with Gasteiger partial charge < -0.3 is 5.32 Å². The largest absolute Gasteiger partial charge is 0.316 e. The average Bonchev–Trinajstić information content (AvgIpc) is 2.72. The predicted molar refractivity (Wildman–Crippen MR) is 74.8 cm³/mol. The van der Waals surface area contributed by atoms with Gasteiger partial charge in [-0.1, -0.05) is 44.5 Å². The van der Waals surface area contributed by atoms with E-state index in [1.165, 1.54) is 17.5 Å². The van der Waals surface area contributed by atoms with Crippen molar-refractivity contribution < 1.29 is 0 Å². The van der Waals surface area contributed by atoms with E-state index < -0.39 is 0 Å². The van der Waals surface area contributed by atoms with Crippen molar-refractivity contribution in [2.24, 2.45) is 5.41 Å². The standard InChI is InChI=1S/C15H22ClN/c1-15(2,3)9-13-8-11(4-5-14(13)16)12-6-7-17-10-12/h4-5,8,12,17H,6-7,9-10H2,1-3H3. The van der Waals surface area contributed by atoms with Crippen molar-refractivity contribution in [3.63, 3.8) is 0 Å². The molecule has 1 aliphatic heterocycles. The van der Waals surface area contributed by atoms with Crippen LogP contribution in [0.3, 0.4) is 0 Å². The third-order valence-corrected chi connectivity index (χ3v) is 3.69. The Morgan fingerprint density at radius 1 is 1.35 bits per heavy atom. The van der Waals surface area contributed by atoms with Gasteiger partial charge in [-0.3, -0.25) is 0 Å². The van der Waals surface area contributed by atoms with Gasteiger partial charge in [0, 0.05) is 11.6 Å². The average molecular weight is 252 g/mol. The Bertz CT molecular complexity index is 386. The van der Waals surface area contributed by atoms with Gasteiger partial charge in [0.1, 0.15) is 0 Å². The fourth-order valence-electron chi connectivity index (χ4n) is 2.49. The minimum Gasteiger partial charge on any atom is -0.316 e. The second-order valence-corrected chi connectivity index (χ2v) is 6.69. The van der Waals surface area contributed by atoms with Crippen LogP contribution >= 0.6 is 11.6 Å². The highest BCUT2D eigenvalue weighted by molar-refractivity contribution is 6.31. The highest BCUT2D eigenvalue weighted by Gasteiger charge is 2.19. The Balaban J connectivity index is 2.22. The molecule has 0 radical (unpaired) electrons. The Hall–Kier alpha value is -0.530. The van der Waals surface area contributed by atoms with E-state index in [1.54, 1.807) is 0 Å². The molecule has 17 heavy (non-hydrogen) atoms. The lowest BCUT2D eigenvalue weighted by molar-refractivity contribution is 0.411. The SMILES string of the molecule is CC(C)(C)Cc1cc(C2CCNC2)ccc1Cl. The van der Waals surface area contributed by atoms with Crippen molar-refractivity contribution in [3.05, 3.63) is 34.3 Å². The molecule has 1 aromatic carbocycles. The van der Waals surface area contributed by atoms with Crippen molar-refractivity contribution in [1.82, 2.24) is 5.32 Å². The van der Waals surface area contributed by atoms with E-state index >= 15 is 0 Å². The first-order valence-corrected chi connectivity index (χ1v) is 6.82.